The average molecular weight is 287 g/mol. The van der Waals surface area contributed by atoms with Gasteiger partial charge >= 0.3 is 5.97 Å². The van der Waals surface area contributed by atoms with Crippen molar-refractivity contribution in [3.05, 3.63) is 46.7 Å². The van der Waals surface area contributed by atoms with Crippen molar-refractivity contribution in [2.75, 3.05) is 11.4 Å². The predicted octanol–water partition coefficient (Wildman–Crippen LogP) is 3.09. The Morgan fingerprint density at radius 1 is 1.20 bits per heavy atom. The molecule has 3 rings (SSSR count). The van der Waals surface area contributed by atoms with Crippen LogP contribution in [-0.2, 0) is 4.79 Å². The minimum Gasteiger partial charge on any atom is -0.422 e. The summed E-state index contributed by atoms with van der Waals surface area (Å²) in [7, 11) is 0. The maximum Gasteiger partial charge on any atom is 0.353 e. The summed E-state index contributed by atoms with van der Waals surface area (Å²) in [6.07, 6.45) is 1.50. The van der Waals surface area contributed by atoms with E-state index in [4.69, 9.17) is 4.74 Å². The first kappa shape index (κ1) is 12.9. The molecule has 2 aromatic rings. The fourth-order valence-corrected chi connectivity index (χ4v) is 2.77. The quantitative estimate of drug-likeness (QED) is 0.643. The molecule has 4 nitrogen and oxygen atoms in total. The standard InChI is InChI=1S/C15H13NO3S/c17-14-4-1-9-16(14)11-5-7-12(8-6-11)19-15(18)13-3-2-10-20-13/h2-3,5-8,10H,1,4,9H2. The molecule has 1 aromatic heterocycles. The molecular formula is C15H13NO3S. The van der Waals surface area contributed by atoms with E-state index < -0.39 is 0 Å². The Kier molecular flexibility index (Phi) is 3.52. The molecule has 0 saturated carbocycles. The van der Waals surface area contributed by atoms with Crippen LogP contribution in [0.1, 0.15) is 22.5 Å². The summed E-state index contributed by atoms with van der Waals surface area (Å²) in [5, 5.41) is 1.83. The van der Waals surface area contributed by atoms with Gasteiger partial charge in [-0.2, -0.15) is 0 Å². The maximum atomic E-state index is 11.8. The van der Waals surface area contributed by atoms with Crippen LogP contribution in [0.25, 0.3) is 0 Å². The molecular weight excluding hydrogens is 274 g/mol. The number of benzene rings is 1. The van der Waals surface area contributed by atoms with Gasteiger partial charge in [0.1, 0.15) is 10.6 Å². The minimum atomic E-state index is -0.356. The van der Waals surface area contributed by atoms with Gasteiger partial charge in [0.2, 0.25) is 5.91 Å². The first-order chi connectivity index (χ1) is 9.74. The van der Waals surface area contributed by atoms with E-state index in [9.17, 15) is 9.59 Å². The van der Waals surface area contributed by atoms with Crippen molar-refractivity contribution in [1.29, 1.82) is 0 Å². The van der Waals surface area contributed by atoms with E-state index in [1.165, 1.54) is 11.3 Å². The van der Waals surface area contributed by atoms with Crippen molar-refractivity contribution in [2.45, 2.75) is 12.8 Å². The Balaban J connectivity index is 1.70. The number of hydrogen-bond donors (Lipinski definition) is 0. The van der Waals surface area contributed by atoms with Crippen LogP contribution in [0.4, 0.5) is 5.69 Å². The van der Waals surface area contributed by atoms with Crippen molar-refractivity contribution < 1.29 is 14.3 Å². The van der Waals surface area contributed by atoms with Gasteiger partial charge in [-0.15, -0.1) is 11.3 Å². The van der Waals surface area contributed by atoms with Gasteiger partial charge in [-0.3, -0.25) is 4.79 Å². The molecule has 20 heavy (non-hydrogen) atoms. The number of esters is 1. The number of anilines is 1. The van der Waals surface area contributed by atoms with Crippen molar-refractivity contribution in [3.8, 4) is 5.75 Å². The van der Waals surface area contributed by atoms with Gasteiger partial charge in [-0.1, -0.05) is 6.07 Å². The second-order valence-corrected chi connectivity index (χ2v) is 5.46. The number of ether oxygens (including phenoxy) is 1. The SMILES string of the molecule is O=C(Oc1ccc(N2CCCC2=O)cc1)c1cccs1. The van der Waals surface area contributed by atoms with E-state index >= 15 is 0 Å². The highest BCUT2D eigenvalue weighted by atomic mass is 32.1. The van der Waals surface area contributed by atoms with Gasteiger partial charge in [0.25, 0.3) is 0 Å². The molecule has 0 aliphatic carbocycles. The van der Waals surface area contributed by atoms with Gasteiger partial charge < -0.3 is 9.64 Å². The molecule has 0 N–H and O–H groups in total. The van der Waals surface area contributed by atoms with Crippen LogP contribution in [0.15, 0.2) is 41.8 Å². The minimum absolute atomic E-state index is 0.147. The molecule has 1 aromatic carbocycles. The highest BCUT2D eigenvalue weighted by Gasteiger charge is 2.21. The molecule has 102 valence electrons. The number of amides is 1. The lowest BCUT2D eigenvalue weighted by atomic mass is 10.3. The van der Waals surface area contributed by atoms with Gasteiger partial charge in [0.15, 0.2) is 0 Å². The lowest BCUT2D eigenvalue weighted by Gasteiger charge is -2.15. The molecule has 5 heteroatoms. The monoisotopic (exact) mass is 287 g/mol. The second-order valence-electron chi connectivity index (χ2n) is 4.51. The van der Waals surface area contributed by atoms with E-state index in [0.717, 1.165) is 18.7 Å². The van der Waals surface area contributed by atoms with E-state index in [1.807, 2.05) is 11.4 Å². The number of carbonyl (C=O) groups excluding carboxylic acids is 2. The molecule has 0 bridgehead atoms. The van der Waals surface area contributed by atoms with Crippen LogP contribution in [0, 0.1) is 0 Å². The molecule has 0 atom stereocenters. The Morgan fingerprint density at radius 3 is 2.60 bits per heavy atom. The van der Waals surface area contributed by atoms with Crippen molar-refractivity contribution in [2.24, 2.45) is 0 Å². The summed E-state index contributed by atoms with van der Waals surface area (Å²) < 4.78 is 5.27. The third-order valence-electron chi connectivity index (χ3n) is 3.15. The Labute approximate surface area is 120 Å². The van der Waals surface area contributed by atoms with E-state index in [1.54, 1.807) is 35.2 Å². The molecule has 0 spiro atoms. The average Bonchev–Trinajstić information content (AvgIpc) is 3.11. The third kappa shape index (κ3) is 2.58. The van der Waals surface area contributed by atoms with Gasteiger partial charge in [-0.05, 0) is 42.1 Å². The molecule has 1 aliphatic rings. The van der Waals surface area contributed by atoms with Crippen LogP contribution in [0.5, 0.6) is 5.75 Å². The van der Waals surface area contributed by atoms with Gasteiger partial charge in [0.05, 0.1) is 0 Å². The van der Waals surface area contributed by atoms with Crippen LogP contribution in [0.2, 0.25) is 0 Å². The fourth-order valence-electron chi connectivity index (χ4n) is 2.17. The number of hydrogen-bond acceptors (Lipinski definition) is 4. The third-order valence-corrected chi connectivity index (χ3v) is 4.00. The first-order valence-corrected chi connectivity index (χ1v) is 7.28. The number of nitrogens with zero attached hydrogens (tertiary/aromatic N) is 1. The molecule has 1 aliphatic heterocycles. The Morgan fingerprint density at radius 2 is 2.00 bits per heavy atom. The summed E-state index contributed by atoms with van der Waals surface area (Å²) in [5.74, 6) is 0.275. The Bertz CT molecular complexity index is 619. The van der Waals surface area contributed by atoms with Gasteiger partial charge in [-0.25, -0.2) is 4.79 Å². The van der Waals surface area contributed by atoms with E-state index in [0.29, 0.717) is 17.0 Å². The van der Waals surface area contributed by atoms with Crippen LogP contribution in [0.3, 0.4) is 0 Å². The zero-order chi connectivity index (χ0) is 13.9. The highest BCUT2D eigenvalue weighted by Crippen LogP contribution is 2.24. The van der Waals surface area contributed by atoms with Crippen molar-refractivity contribution in [3.63, 3.8) is 0 Å². The highest BCUT2D eigenvalue weighted by molar-refractivity contribution is 7.12. The predicted molar refractivity (Wildman–Crippen MR) is 77.3 cm³/mol. The molecule has 2 heterocycles. The molecule has 0 unspecified atom stereocenters. The van der Waals surface area contributed by atoms with E-state index in [2.05, 4.69) is 0 Å². The first-order valence-electron chi connectivity index (χ1n) is 6.40. The molecule has 0 radical (unpaired) electrons. The fraction of sp³-hybridized carbons (Fsp3) is 0.200. The largest absolute Gasteiger partial charge is 0.422 e. The molecule has 1 saturated heterocycles. The summed E-state index contributed by atoms with van der Waals surface area (Å²) in [6.45, 7) is 0.757. The summed E-state index contributed by atoms with van der Waals surface area (Å²) in [6, 6.07) is 10.6. The second kappa shape index (κ2) is 5.46. The molecule has 1 fully saturated rings. The summed E-state index contributed by atoms with van der Waals surface area (Å²) >= 11 is 1.35. The van der Waals surface area contributed by atoms with E-state index in [-0.39, 0.29) is 11.9 Å². The number of carbonyl (C=O) groups is 2. The van der Waals surface area contributed by atoms with Crippen LogP contribution < -0.4 is 9.64 Å². The lowest BCUT2D eigenvalue weighted by Crippen LogP contribution is -2.23. The van der Waals surface area contributed by atoms with Crippen LogP contribution in [-0.4, -0.2) is 18.4 Å². The van der Waals surface area contributed by atoms with Gasteiger partial charge in [0, 0.05) is 18.7 Å². The maximum absolute atomic E-state index is 11.8. The number of rotatable bonds is 3. The zero-order valence-electron chi connectivity index (χ0n) is 10.7. The van der Waals surface area contributed by atoms with Crippen molar-refractivity contribution in [1.82, 2.24) is 0 Å². The topological polar surface area (TPSA) is 46.6 Å². The summed E-state index contributed by atoms with van der Waals surface area (Å²) in [5.41, 5.74) is 0.850. The smallest absolute Gasteiger partial charge is 0.353 e. The lowest BCUT2D eigenvalue weighted by molar-refractivity contribution is -0.117. The normalized spacial score (nSPS) is 14.6. The van der Waals surface area contributed by atoms with Crippen molar-refractivity contribution >= 4 is 28.9 Å². The molecule has 1 amide bonds. The summed E-state index contributed by atoms with van der Waals surface area (Å²) in [4.78, 5) is 25.8. The number of thiophene rings is 1. The zero-order valence-corrected chi connectivity index (χ0v) is 11.6. The van der Waals surface area contributed by atoms with Crippen LogP contribution >= 0.6 is 11.3 Å². The Hall–Kier alpha value is -2.14.